The maximum atomic E-state index is 12.1. The molecule has 0 aliphatic heterocycles. The summed E-state index contributed by atoms with van der Waals surface area (Å²) in [5.41, 5.74) is 1.13. The fourth-order valence-electron chi connectivity index (χ4n) is 1.76. The molecule has 2 nitrogen and oxygen atoms in total. The molecule has 1 unspecified atom stereocenters. The number of aryl methyl sites for hydroxylation is 1. The summed E-state index contributed by atoms with van der Waals surface area (Å²) in [6, 6.07) is 7.47. The van der Waals surface area contributed by atoms with Crippen LogP contribution in [0, 0.1) is 12.8 Å². The highest BCUT2D eigenvalue weighted by Crippen LogP contribution is 2.26. The Morgan fingerprint density at radius 2 is 1.88 bits per heavy atom. The topological polar surface area (TPSA) is 34.1 Å². The second kappa shape index (κ2) is 4.34. The molecule has 0 bridgehead atoms. The highest BCUT2D eigenvalue weighted by atomic mass is 32.2. The van der Waals surface area contributed by atoms with Crippen LogP contribution in [0.3, 0.4) is 0 Å². The molecule has 3 heteroatoms. The van der Waals surface area contributed by atoms with Crippen molar-refractivity contribution < 1.29 is 9.00 Å². The van der Waals surface area contributed by atoms with Crippen LogP contribution >= 0.6 is 0 Å². The van der Waals surface area contributed by atoms with E-state index >= 15 is 0 Å². The summed E-state index contributed by atoms with van der Waals surface area (Å²) in [5, 5.41) is 0. The van der Waals surface area contributed by atoms with Crippen molar-refractivity contribution in [3.8, 4) is 0 Å². The van der Waals surface area contributed by atoms with Gasteiger partial charge in [-0.05, 0) is 25.0 Å². The third kappa shape index (κ3) is 2.14. The summed E-state index contributed by atoms with van der Waals surface area (Å²) >= 11 is 0. The van der Waals surface area contributed by atoms with Crippen LogP contribution in [-0.4, -0.2) is 9.99 Å². The SMILES string of the molecule is Cc1ccc([S@](=O)C2=CC(C)CC2=O)cc1. The predicted octanol–water partition coefficient (Wildman–Crippen LogP) is 2.60. The van der Waals surface area contributed by atoms with Crippen LogP contribution in [0.25, 0.3) is 0 Å². The lowest BCUT2D eigenvalue weighted by molar-refractivity contribution is -0.114. The third-order valence-electron chi connectivity index (χ3n) is 2.65. The molecule has 0 saturated carbocycles. The maximum Gasteiger partial charge on any atom is 0.172 e. The zero-order chi connectivity index (χ0) is 11.7. The Balaban J connectivity index is 2.29. The Morgan fingerprint density at radius 3 is 2.38 bits per heavy atom. The Hall–Kier alpha value is -1.22. The molecule has 2 rings (SSSR count). The van der Waals surface area contributed by atoms with Gasteiger partial charge in [0, 0.05) is 11.3 Å². The summed E-state index contributed by atoms with van der Waals surface area (Å²) in [5.74, 6) is 0.239. The summed E-state index contributed by atoms with van der Waals surface area (Å²) in [4.78, 5) is 12.8. The molecule has 1 aliphatic rings. The molecular weight excluding hydrogens is 220 g/mol. The number of rotatable bonds is 2. The van der Waals surface area contributed by atoms with Gasteiger partial charge in [-0.15, -0.1) is 0 Å². The van der Waals surface area contributed by atoms with E-state index in [2.05, 4.69) is 0 Å². The number of hydrogen-bond acceptors (Lipinski definition) is 2. The molecule has 0 radical (unpaired) electrons. The second-order valence-electron chi connectivity index (χ2n) is 4.22. The molecule has 1 aliphatic carbocycles. The van der Waals surface area contributed by atoms with Gasteiger partial charge in [0.2, 0.25) is 0 Å². The summed E-state index contributed by atoms with van der Waals surface area (Å²) in [6.45, 7) is 3.95. The zero-order valence-corrected chi connectivity index (χ0v) is 10.2. The van der Waals surface area contributed by atoms with E-state index in [1.807, 2.05) is 44.2 Å². The van der Waals surface area contributed by atoms with Gasteiger partial charge in [0.1, 0.15) is 0 Å². The quantitative estimate of drug-likeness (QED) is 0.788. The number of ketones is 1. The molecule has 1 aromatic rings. The molecule has 84 valence electrons. The van der Waals surface area contributed by atoms with Crippen LogP contribution in [0.5, 0.6) is 0 Å². The van der Waals surface area contributed by atoms with Gasteiger partial charge in [0.25, 0.3) is 0 Å². The van der Waals surface area contributed by atoms with Crippen molar-refractivity contribution in [3.05, 3.63) is 40.8 Å². The van der Waals surface area contributed by atoms with Gasteiger partial charge >= 0.3 is 0 Å². The van der Waals surface area contributed by atoms with Crippen molar-refractivity contribution in [2.75, 3.05) is 0 Å². The smallest absolute Gasteiger partial charge is 0.172 e. The van der Waals surface area contributed by atoms with Crippen LogP contribution in [0.15, 0.2) is 40.1 Å². The predicted molar refractivity (Wildman–Crippen MR) is 64.5 cm³/mol. The monoisotopic (exact) mass is 234 g/mol. The van der Waals surface area contributed by atoms with Crippen molar-refractivity contribution in [3.63, 3.8) is 0 Å². The first-order valence-electron chi connectivity index (χ1n) is 5.31. The zero-order valence-electron chi connectivity index (χ0n) is 9.40. The molecule has 0 spiro atoms. The Bertz CT molecular complexity index is 471. The summed E-state index contributed by atoms with van der Waals surface area (Å²) in [6.07, 6.45) is 2.32. The second-order valence-corrected chi connectivity index (χ2v) is 5.67. The van der Waals surface area contributed by atoms with Crippen molar-refractivity contribution in [2.24, 2.45) is 5.92 Å². The first-order chi connectivity index (χ1) is 7.58. The van der Waals surface area contributed by atoms with Crippen molar-refractivity contribution >= 4 is 16.6 Å². The number of Topliss-reactive ketones (excluding diaryl/α,β-unsaturated/α-hetero) is 1. The largest absolute Gasteiger partial charge is 0.293 e. The number of benzene rings is 1. The maximum absolute atomic E-state index is 12.1. The molecule has 2 atom stereocenters. The van der Waals surface area contributed by atoms with Gasteiger partial charge < -0.3 is 0 Å². The van der Waals surface area contributed by atoms with Crippen LogP contribution in [0.2, 0.25) is 0 Å². The Kier molecular flexibility index (Phi) is 3.06. The first kappa shape index (κ1) is 11.3. The lowest BCUT2D eigenvalue weighted by Crippen LogP contribution is -2.03. The van der Waals surface area contributed by atoms with Gasteiger partial charge in [-0.25, -0.2) is 4.21 Å². The number of carbonyl (C=O) groups is 1. The van der Waals surface area contributed by atoms with Gasteiger partial charge in [0.15, 0.2) is 5.78 Å². The average Bonchev–Trinajstić information content (AvgIpc) is 2.58. The summed E-state index contributed by atoms with van der Waals surface area (Å²) in [7, 11) is -1.31. The normalized spacial score (nSPS) is 22.0. The molecule has 1 aromatic carbocycles. The molecule has 0 amide bonds. The van der Waals surface area contributed by atoms with Gasteiger partial charge in [0.05, 0.1) is 15.7 Å². The highest BCUT2D eigenvalue weighted by Gasteiger charge is 2.26. The number of hydrogen-bond donors (Lipinski definition) is 0. The van der Waals surface area contributed by atoms with E-state index in [4.69, 9.17) is 0 Å². The molecule has 0 aromatic heterocycles. The van der Waals surface area contributed by atoms with E-state index in [0.29, 0.717) is 16.2 Å². The van der Waals surface area contributed by atoms with E-state index in [-0.39, 0.29) is 11.7 Å². The van der Waals surface area contributed by atoms with Crippen molar-refractivity contribution in [1.82, 2.24) is 0 Å². The van der Waals surface area contributed by atoms with E-state index < -0.39 is 10.8 Å². The van der Waals surface area contributed by atoms with E-state index in [1.54, 1.807) is 0 Å². The highest BCUT2D eigenvalue weighted by molar-refractivity contribution is 7.90. The molecule has 0 fully saturated rings. The minimum Gasteiger partial charge on any atom is -0.293 e. The third-order valence-corrected chi connectivity index (χ3v) is 4.12. The van der Waals surface area contributed by atoms with E-state index in [0.717, 1.165) is 5.56 Å². The molecule has 0 saturated heterocycles. The lowest BCUT2D eigenvalue weighted by Gasteiger charge is -2.02. The minimum atomic E-state index is -1.31. The van der Waals surface area contributed by atoms with E-state index in [1.165, 1.54) is 0 Å². The number of allylic oxidation sites excluding steroid dienone is 2. The van der Waals surface area contributed by atoms with Gasteiger partial charge in [-0.3, -0.25) is 4.79 Å². The Labute approximate surface area is 97.8 Å². The molecule has 0 N–H and O–H groups in total. The standard InChI is InChI=1S/C13H14O2S/c1-9-3-5-11(6-4-9)16(15)13-8-10(2)7-12(13)14/h3-6,8,10H,7H2,1-2H3/t10?,16-/m0/s1. The van der Waals surface area contributed by atoms with Crippen molar-refractivity contribution in [2.45, 2.75) is 25.2 Å². The first-order valence-corrected chi connectivity index (χ1v) is 6.46. The lowest BCUT2D eigenvalue weighted by atomic mass is 10.2. The van der Waals surface area contributed by atoms with E-state index in [9.17, 15) is 9.00 Å². The van der Waals surface area contributed by atoms with Gasteiger partial charge in [-0.2, -0.15) is 0 Å². The molecular formula is C13H14O2S. The van der Waals surface area contributed by atoms with Crippen molar-refractivity contribution in [1.29, 1.82) is 0 Å². The fourth-order valence-corrected chi connectivity index (χ4v) is 3.04. The van der Waals surface area contributed by atoms with Crippen LogP contribution < -0.4 is 0 Å². The molecule has 16 heavy (non-hydrogen) atoms. The average molecular weight is 234 g/mol. The van der Waals surface area contributed by atoms with Gasteiger partial charge in [-0.1, -0.05) is 30.7 Å². The number of carbonyl (C=O) groups excluding carboxylic acids is 1. The van der Waals surface area contributed by atoms with Crippen LogP contribution in [0.4, 0.5) is 0 Å². The van der Waals surface area contributed by atoms with Crippen LogP contribution in [0.1, 0.15) is 18.9 Å². The Morgan fingerprint density at radius 1 is 1.25 bits per heavy atom. The van der Waals surface area contributed by atoms with Crippen LogP contribution in [-0.2, 0) is 15.6 Å². The fraction of sp³-hybridized carbons (Fsp3) is 0.308. The summed E-state index contributed by atoms with van der Waals surface area (Å²) < 4.78 is 12.1. The minimum absolute atomic E-state index is 0.0198. The molecule has 0 heterocycles.